The number of ether oxygens (including phenoxy) is 1. The zero-order valence-electron chi connectivity index (χ0n) is 11.9. The number of piperidine rings is 1. The fourth-order valence-electron chi connectivity index (χ4n) is 2.47. The number of alkyl halides is 3. The van der Waals surface area contributed by atoms with Gasteiger partial charge in [-0.15, -0.1) is 10.2 Å². The molecular weight excluding hydrogens is 395 g/mol. The van der Waals surface area contributed by atoms with E-state index in [4.69, 9.17) is 4.74 Å². The molecule has 0 unspecified atom stereocenters. The third-order valence-electron chi connectivity index (χ3n) is 3.59. The molecule has 0 spiro atoms. The van der Waals surface area contributed by atoms with Crippen molar-refractivity contribution in [2.24, 2.45) is 0 Å². The Labute approximate surface area is 143 Å². The molecule has 1 aliphatic heterocycles. The van der Waals surface area contributed by atoms with Crippen LogP contribution in [0.1, 0.15) is 18.4 Å². The van der Waals surface area contributed by atoms with Crippen LogP contribution in [-0.2, 0) is 6.18 Å². The van der Waals surface area contributed by atoms with Crippen LogP contribution >= 0.6 is 27.3 Å². The molecule has 9 heteroatoms. The van der Waals surface area contributed by atoms with Crippen molar-refractivity contribution in [3.05, 3.63) is 33.7 Å². The van der Waals surface area contributed by atoms with Crippen LogP contribution in [0.4, 0.5) is 18.3 Å². The number of hydrogen-bond donors (Lipinski definition) is 0. The van der Waals surface area contributed by atoms with Gasteiger partial charge in [0.1, 0.15) is 11.9 Å². The predicted octanol–water partition coefficient (Wildman–Crippen LogP) is 4.37. The molecule has 0 radical (unpaired) electrons. The van der Waals surface area contributed by atoms with Crippen molar-refractivity contribution < 1.29 is 17.9 Å². The van der Waals surface area contributed by atoms with Crippen LogP contribution < -0.4 is 9.64 Å². The van der Waals surface area contributed by atoms with E-state index in [2.05, 4.69) is 31.0 Å². The molecule has 1 saturated heterocycles. The van der Waals surface area contributed by atoms with Crippen LogP contribution in [0.15, 0.2) is 28.2 Å². The van der Waals surface area contributed by atoms with Crippen LogP contribution in [-0.4, -0.2) is 29.4 Å². The summed E-state index contributed by atoms with van der Waals surface area (Å²) >= 11 is 4.70. The fraction of sp³-hybridized carbons (Fsp3) is 0.429. The smallest absolute Gasteiger partial charge is 0.419 e. The van der Waals surface area contributed by atoms with Crippen molar-refractivity contribution >= 4 is 32.4 Å². The number of aromatic nitrogens is 2. The number of hydrogen-bond acceptors (Lipinski definition) is 5. The van der Waals surface area contributed by atoms with E-state index in [0.717, 1.165) is 11.2 Å². The fourth-order valence-corrected chi connectivity index (χ4v) is 3.61. The van der Waals surface area contributed by atoms with Crippen molar-refractivity contribution in [1.29, 1.82) is 0 Å². The molecule has 1 aromatic carbocycles. The van der Waals surface area contributed by atoms with E-state index in [0.29, 0.717) is 29.8 Å². The number of anilines is 1. The minimum Gasteiger partial charge on any atom is -0.490 e. The van der Waals surface area contributed by atoms with Gasteiger partial charge >= 0.3 is 6.18 Å². The SMILES string of the molecule is FC(F)(F)c1ccccc1OC1CCN(c2nnc(Br)s2)CC1. The van der Waals surface area contributed by atoms with Gasteiger partial charge in [0.2, 0.25) is 5.13 Å². The molecule has 3 rings (SSSR count). The van der Waals surface area contributed by atoms with Crippen LogP contribution in [0.25, 0.3) is 0 Å². The standard InChI is InChI=1S/C14H13BrF3N3OS/c15-12-19-20-13(23-12)21-7-5-9(6-8-21)22-11-4-2-1-3-10(11)14(16,17)18/h1-4,9H,5-8H2. The topological polar surface area (TPSA) is 38.2 Å². The lowest BCUT2D eigenvalue weighted by molar-refractivity contribution is -0.139. The second kappa shape index (κ2) is 6.64. The third-order valence-corrected chi connectivity index (χ3v) is 5.00. The average molecular weight is 408 g/mol. The second-order valence-corrected chi connectivity index (χ2v) is 7.37. The Hall–Kier alpha value is -1.35. The lowest BCUT2D eigenvalue weighted by atomic mass is 10.1. The summed E-state index contributed by atoms with van der Waals surface area (Å²) in [6.07, 6.45) is -3.35. The average Bonchev–Trinajstić information content (AvgIpc) is 2.94. The number of benzene rings is 1. The van der Waals surface area contributed by atoms with Crippen molar-refractivity contribution in [3.63, 3.8) is 0 Å². The summed E-state index contributed by atoms with van der Waals surface area (Å²) in [5.41, 5.74) is -0.726. The molecule has 1 aliphatic rings. The van der Waals surface area contributed by atoms with Crippen LogP contribution in [0.5, 0.6) is 5.75 Å². The van der Waals surface area contributed by atoms with Gasteiger partial charge in [-0.2, -0.15) is 13.2 Å². The maximum Gasteiger partial charge on any atom is 0.419 e. The van der Waals surface area contributed by atoms with Crippen LogP contribution in [0, 0.1) is 0 Å². The zero-order valence-corrected chi connectivity index (χ0v) is 14.3. The van der Waals surface area contributed by atoms with Crippen molar-refractivity contribution in [2.45, 2.75) is 25.1 Å². The van der Waals surface area contributed by atoms with E-state index in [1.807, 2.05) is 0 Å². The number of para-hydroxylation sites is 1. The molecule has 124 valence electrons. The quantitative estimate of drug-likeness (QED) is 0.756. The molecule has 23 heavy (non-hydrogen) atoms. The molecule has 0 amide bonds. The summed E-state index contributed by atoms with van der Waals surface area (Å²) in [4.78, 5) is 2.07. The summed E-state index contributed by atoms with van der Waals surface area (Å²) in [6.45, 7) is 1.36. The van der Waals surface area contributed by atoms with Gasteiger partial charge in [0, 0.05) is 25.9 Å². The molecule has 0 saturated carbocycles. The van der Waals surface area contributed by atoms with E-state index in [1.165, 1.54) is 23.5 Å². The molecule has 4 nitrogen and oxygen atoms in total. The highest BCUT2D eigenvalue weighted by Gasteiger charge is 2.35. The van der Waals surface area contributed by atoms with Gasteiger partial charge in [0.15, 0.2) is 3.92 Å². The third kappa shape index (κ3) is 3.95. The first kappa shape index (κ1) is 16.5. The van der Waals surface area contributed by atoms with E-state index < -0.39 is 11.7 Å². The summed E-state index contributed by atoms with van der Waals surface area (Å²) in [5, 5.41) is 8.77. The first-order chi connectivity index (χ1) is 10.9. The highest BCUT2D eigenvalue weighted by Crippen LogP contribution is 2.37. The van der Waals surface area contributed by atoms with E-state index in [1.54, 1.807) is 6.07 Å². The van der Waals surface area contributed by atoms with Crippen molar-refractivity contribution in [1.82, 2.24) is 10.2 Å². The molecule has 0 N–H and O–H groups in total. The van der Waals surface area contributed by atoms with Gasteiger partial charge in [0.05, 0.1) is 5.56 Å². The summed E-state index contributed by atoms with van der Waals surface area (Å²) in [7, 11) is 0. The molecular formula is C14H13BrF3N3OS. The molecule has 1 aromatic heterocycles. The van der Waals surface area contributed by atoms with Crippen molar-refractivity contribution in [2.75, 3.05) is 18.0 Å². The summed E-state index contributed by atoms with van der Waals surface area (Å²) in [6, 6.07) is 5.34. The van der Waals surface area contributed by atoms with Gasteiger partial charge < -0.3 is 9.64 Å². The summed E-state index contributed by atoms with van der Waals surface area (Å²) in [5.74, 6) is -0.0999. The maximum absolute atomic E-state index is 13.0. The molecule has 2 heterocycles. The Morgan fingerprint density at radius 1 is 1.17 bits per heavy atom. The summed E-state index contributed by atoms with van der Waals surface area (Å²) < 4.78 is 45.3. The highest BCUT2D eigenvalue weighted by molar-refractivity contribution is 9.11. The van der Waals surface area contributed by atoms with E-state index in [9.17, 15) is 13.2 Å². The Morgan fingerprint density at radius 2 is 1.87 bits per heavy atom. The molecule has 2 aromatic rings. The van der Waals surface area contributed by atoms with Gasteiger partial charge in [0.25, 0.3) is 0 Å². The zero-order chi connectivity index (χ0) is 16.4. The lowest BCUT2D eigenvalue weighted by Gasteiger charge is -2.32. The van der Waals surface area contributed by atoms with Gasteiger partial charge in [-0.1, -0.05) is 23.5 Å². The Balaban J connectivity index is 1.63. The molecule has 0 bridgehead atoms. The van der Waals surface area contributed by atoms with E-state index in [-0.39, 0.29) is 11.9 Å². The molecule has 0 aliphatic carbocycles. The Morgan fingerprint density at radius 3 is 2.48 bits per heavy atom. The molecule has 0 atom stereocenters. The normalized spacial score (nSPS) is 16.6. The number of halogens is 4. The first-order valence-corrected chi connectivity index (χ1v) is 8.61. The molecule has 1 fully saturated rings. The largest absolute Gasteiger partial charge is 0.490 e. The van der Waals surface area contributed by atoms with Crippen LogP contribution in [0.3, 0.4) is 0 Å². The first-order valence-electron chi connectivity index (χ1n) is 7.00. The van der Waals surface area contributed by atoms with Crippen LogP contribution in [0.2, 0.25) is 0 Å². The van der Waals surface area contributed by atoms with Gasteiger partial charge in [-0.25, -0.2) is 0 Å². The maximum atomic E-state index is 13.0. The Kier molecular flexibility index (Phi) is 4.77. The van der Waals surface area contributed by atoms with Gasteiger partial charge in [-0.3, -0.25) is 0 Å². The highest BCUT2D eigenvalue weighted by atomic mass is 79.9. The monoisotopic (exact) mass is 407 g/mol. The second-order valence-electron chi connectivity index (χ2n) is 5.14. The number of rotatable bonds is 3. The lowest BCUT2D eigenvalue weighted by Crippen LogP contribution is -2.38. The minimum atomic E-state index is -4.41. The van der Waals surface area contributed by atoms with E-state index >= 15 is 0 Å². The predicted molar refractivity (Wildman–Crippen MR) is 84.9 cm³/mol. The van der Waals surface area contributed by atoms with Crippen molar-refractivity contribution in [3.8, 4) is 5.75 Å². The number of nitrogens with zero attached hydrogens (tertiary/aromatic N) is 3. The Bertz CT molecular complexity index is 671. The van der Waals surface area contributed by atoms with Gasteiger partial charge in [-0.05, 0) is 28.1 Å². The minimum absolute atomic E-state index is 0.0999.